The first kappa shape index (κ1) is 11.0. The quantitative estimate of drug-likeness (QED) is 0.669. The molecule has 0 atom stereocenters. The molecule has 0 amide bonds. The zero-order chi connectivity index (χ0) is 10.6. The van der Waals surface area contributed by atoms with Crippen LogP contribution in [0.2, 0.25) is 0 Å². The van der Waals surface area contributed by atoms with Crippen LogP contribution in [0.5, 0.6) is 0 Å². The highest BCUT2D eigenvalue weighted by Gasteiger charge is 2.03. The minimum atomic E-state index is -0.358. The van der Waals surface area contributed by atoms with Gasteiger partial charge in [-0.3, -0.25) is 0 Å². The van der Waals surface area contributed by atoms with Crippen molar-refractivity contribution in [3.05, 3.63) is 34.2 Å². The lowest BCUT2D eigenvalue weighted by atomic mass is 10.2. The van der Waals surface area contributed by atoms with Crippen LogP contribution in [0.3, 0.4) is 0 Å². The summed E-state index contributed by atoms with van der Waals surface area (Å²) in [5.41, 5.74) is 6.73. The third-order valence-corrected chi connectivity index (χ3v) is 2.28. The number of nitrogens with two attached hydrogens (primary N) is 1. The fourth-order valence-corrected chi connectivity index (χ4v) is 1.57. The van der Waals surface area contributed by atoms with Crippen molar-refractivity contribution in [2.75, 3.05) is 12.3 Å². The van der Waals surface area contributed by atoms with Crippen molar-refractivity contribution in [1.29, 1.82) is 0 Å². The molecule has 0 spiro atoms. The maximum absolute atomic E-state index is 12.8. The maximum Gasteiger partial charge on any atom is 0.126 e. The normalized spacial score (nSPS) is 10.8. The topological polar surface area (TPSA) is 35.2 Å². The molecule has 0 aliphatic heterocycles. The van der Waals surface area contributed by atoms with Crippen LogP contribution in [-0.2, 0) is 4.74 Å². The van der Waals surface area contributed by atoms with Crippen LogP contribution in [-0.4, -0.2) is 6.61 Å². The van der Waals surface area contributed by atoms with E-state index in [4.69, 9.17) is 10.5 Å². The number of halogens is 2. The monoisotopic (exact) mass is 259 g/mol. The van der Waals surface area contributed by atoms with Gasteiger partial charge in [0.25, 0.3) is 0 Å². The molecule has 2 N–H and O–H groups in total. The van der Waals surface area contributed by atoms with Crippen molar-refractivity contribution in [2.45, 2.75) is 6.92 Å². The van der Waals surface area contributed by atoms with Crippen molar-refractivity contribution >= 4 is 27.7 Å². The summed E-state index contributed by atoms with van der Waals surface area (Å²) < 4.78 is 18.5. The van der Waals surface area contributed by atoms with Gasteiger partial charge in [-0.05, 0) is 41.1 Å². The van der Waals surface area contributed by atoms with Gasteiger partial charge in [0.15, 0.2) is 0 Å². The lowest BCUT2D eigenvalue weighted by Gasteiger charge is -2.03. The summed E-state index contributed by atoms with van der Waals surface area (Å²) >= 11 is 3.22. The summed E-state index contributed by atoms with van der Waals surface area (Å²) in [6.07, 6.45) is 3.23. The first-order valence-electron chi connectivity index (χ1n) is 4.17. The fraction of sp³-hybridized carbons (Fsp3) is 0.200. The summed E-state index contributed by atoms with van der Waals surface area (Å²) in [5, 5.41) is 0. The third kappa shape index (κ3) is 2.73. The Balaban J connectivity index is 2.96. The lowest BCUT2D eigenvalue weighted by molar-refractivity contribution is 0.272. The highest BCUT2D eigenvalue weighted by molar-refractivity contribution is 9.10. The Bertz CT molecular complexity index is 329. The minimum absolute atomic E-state index is 0.358. The number of hydrogen-bond acceptors (Lipinski definition) is 2. The molecule has 0 bridgehead atoms. The highest BCUT2D eigenvalue weighted by atomic mass is 79.9. The average molecular weight is 260 g/mol. The SMILES string of the molecule is CCOC=Cc1c(N)cc(F)cc1Br. The molecule has 2 nitrogen and oxygen atoms in total. The number of rotatable bonds is 3. The van der Waals surface area contributed by atoms with E-state index in [1.807, 2.05) is 6.92 Å². The average Bonchev–Trinajstić information content (AvgIpc) is 2.09. The van der Waals surface area contributed by atoms with Crippen molar-refractivity contribution in [3.63, 3.8) is 0 Å². The molecule has 1 aromatic rings. The molecular formula is C10H11BrFNO. The summed E-state index contributed by atoms with van der Waals surface area (Å²) in [6, 6.07) is 2.64. The van der Waals surface area contributed by atoms with Crippen LogP contribution in [0, 0.1) is 5.82 Å². The van der Waals surface area contributed by atoms with E-state index >= 15 is 0 Å². The largest absolute Gasteiger partial charge is 0.501 e. The molecule has 1 aromatic carbocycles. The summed E-state index contributed by atoms with van der Waals surface area (Å²) in [5.74, 6) is -0.358. The number of ether oxygens (including phenoxy) is 1. The van der Waals surface area contributed by atoms with Gasteiger partial charge in [0.2, 0.25) is 0 Å². The molecule has 0 aliphatic carbocycles. The molecule has 0 fully saturated rings. The fourth-order valence-electron chi connectivity index (χ4n) is 0.993. The summed E-state index contributed by atoms with van der Waals surface area (Å²) in [7, 11) is 0. The Morgan fingerprint density at radius 3 is 2.86 bits per heavy atom. The second kappa shape index (κ2) is 5.00. The molecule has 0 unspecified atom stereocenters. The van der Waals surface area contributed by atoms with E-state index in [9.17, 15) is 4.39 Å². The van der Waals surface area contributed by atoms with Crippen LogP contribution in [0.1, 0.15) is 12.5 Å². The molecule has 14 heavy (non-hydrogen) atoms. The van der Waals surface area contributed by atoms with Crippen LogP contribution < -0.4 is 5.73 Å². The van der Waals surface area contributed by atoms with E-state index in [-0.39, 0.29) is 5.82 Å². The first-order chi connectivity index (χ1) is 6.65. The van der Waals surface area contributed by atoms with Crippen LogP contribution in [0.4, 0.5) is 10.1 Å². The van der Waals surface area contributed by atoms with Gasteiger partial charge in [0, 0.05) is 15.7 Å². The van der Waals surface area contributed by atoms with E-state index in [0.717, 1.165) is 5.56 Å². The zero-order valence-electron chi connectivity index (χ0n) is 7.76. The van der Waals surface area contributed by atoms with E-state index < -0.39 is 0 Å². The van der Waals surface area contributed by atoms with Crippen LogP contribution in [0.15, 0.2) is 22.9 Å². The summed E-state index contributed by atoms with van der Waals surface area (Å²) in [4.78, 5) is 0. The smallest absolute Gasteiger partial charge is 0.126 e. The van der Waals surface area contributed by atoms with E-state index in [1.165, 1.54) is 18.4 Å². The maximum atomic E-state index is 12.8. The van der Waals surface area contributed by atoms with Crippen LogP contribution >= 0.6 is 15.9 Å². The lowest BCUT2D eigenvalue weighted by Crippen LogP contribution is -1.92. The van der Waals surface area contributed by atoms with Crippen molar-refractivity contribution < 1.29 is 9.13 Å². The van der Waals surface area contributed by atoms with Gasteiger partial charge in [0.05, 0.1) is 12.9 Å². The van der Waals surface area contributed by atoms with E-state index in [1.54, 1.807) is 6.08 Å². The summed E-state index contributed by atoms with van der Waals surface area (Å²) in [6.45, 7) is 2.47. The Morgan fingerprint density at radius 1 is 1.57 bits per heavy atom. The molecule has 0 radical (unpaired) electrons. The molecule has 0 saturated heterocycles. The Labute approximate surface area is 90.7 Å². The second-order valence-corrected chi connectivity index (χ2v) is 3.50. The van der Waals surface area contributed by atoms with E-state index in [0.29, 0.717) is 16.8 Å². The van der Waals surface area contributed by atoms with Crippen molar-refractivity contribution in [2.24, 2.45) is 0 Å². The van der Waals surface area contributed by atoms with Gasteiger partial charge in [-0.2, -0.15) is 0 Å². The third-order valence-electron chi connectivity index (χ3n) is 1.62. The van der Waals surface area contributed by atoms with Crippen molar-refractivity contribution in [3.8, 4) is 0 Å². The van der Waals surface area contributed by atoms with E-state index in [2.05, 4.69) is 15.9 Å². The molecule has 0 heterocycles. The number of anilines is 1. The highest BCUT2D eigenvalue weighted by Crippen LogP contribution is 2.25. The number of hydrogen-bond donors (Lipinski definition) is 1. The molecule has 0 aliphatic rings. The van der Waals surface area contributed by atoms with Crippen LogP contribution in [0.25, 0.3) is 6.08 Å². The Kier molecular flexibility index (Phi) is 3.95. The molecule has 0 aromatic heterocycles. The van der Waals surface area contributed by atoms with Gasteiger partial charge < -0.3 is 10.5 Å². The Hall–Kier alpha value is -1.03. The van der Waals surface area contributed by atoms with Gasteiger partial charge in [-0.1, -0.05) is 0 Å². The minimum Gasteiger partial charge on any atom is -0.501 e. The van der Waals surface area contributed by atoms with Gasteiger partial charge in [0.1, 0.15) is 5.82 Å². The predicted octanol–water partition coefficient (Wildman–Crippen LogP) is 3.18. The molecule has 76 valence electrons. The second-order valence-electron chi connectivity index (χ2n) is 2.65. The molecule has 1 rings (SSSR count). The number of benzene rings is 1. The van der Waals surface area contributed by atoms with Crippen molar-refractivity contribution in [1.82, 2.24) is 0 Å². The zero-order valence-corrected chi connectivity index (χ0v) is 9.34. The van der Waals surface area contributed by atoms with Gasteiger partial charge >= 0.3 is 0 Å². The first-order valence-corrected chi connectivity index (χ1v) is 4.97. The van der Waals surface area contributed by atoms with Gasteiger partial charge in [-0.15, -0.1) is 0 Å². The predicted molar refractivity (Wildman–Crippen MR) is 59.2 cm³/mol. The standard InChI is InChI=1S/C10H11BrFNO/c1-2-14-4-3-8-9(11)5-7(12)6-10(8)13/h3-6H,2,13H2,1H3. The Morgan fingerprint density at radius 2 is 2.29 bits per heavy atom. The molecule has 4 heteroatoms. The van der Waals surface area contributed by atoms with Gasteiger partial charge in [-0.25, -0.2) is 4.39 Å². The molecular weight excluding hydrogens is 249 g/mol. The molecule has 0 saturated carbocycles. The number of nitrogen functional groups attached to an aromatic ring is 1.